The maximum atomic E-state index is 12.0. The van der Waals surface area contributed by atoms with Gasteiger partial charge in [-0.15, -0.1) is 11.3 Å². The van der Waals surface area contributed by atoms with E-state index in [1.54, 1.807) is 23.7 Å². The van der Waals surface area contributed by atoms with Gasteiger partial charge in [0.05, 0.1) is 14.8 Å². The van der Waals surface area contributed by atoms with Crippen molar-refractivity contribution in [3.8, 4) is 0 Å². The summed E-state index contributed by atoms with van der Waals surface area (Å²) in [6.07, 6.45) is 5.57. The summed E-state index contributed by atoms with van der Waals surface area (Å²) in [4.78, 5) is 21.7. The summed E-state index contributed by atoms with van der Waals surface area (Å²) in [6.45, 7) is 0. The molecule has 3 aromatic rings. The molecule has 0 radical (unpaired) electrons. The van der Waals surface area contributed by atoms with Crippen LogP contribution in [0.25, 0.3) is 11.0 Å². The minimum Gasteiger partial charge on any atom is -0.326 e. The molecule has 0 bridgehead atoms. The molecule has 0 saturated heterocycles. The summed E-state index contributed by atoms with van der Waals surface area (Å²) >= 11 is 5.16. The summed E-state index contributed by atoms with van der Waals surface area (Å²) in [5, 5.41) is 2.91. The third kappa shape index (κ3) is 3.90. The lowest BCUT2D eigenvalue weighted by molar-refractivity contribution is -0.116. The molecule has 0 fully saturated rings. The van der Waals surface area contributed by atoms with Crippen molar-refractivity contribution in [2.24, 2.45) is 0 Å². The number of amides is 1. The Bertz CT molecular complexity index is 803. The fourth-order valence-corrected chi connectivity index (χ4v) is 3.70. The average Bonchev–Trinajstić information content (AvgIpc) is 2.92. The number of anilines is 1. The monoisotopic (exact) mass is 375 g/mol. The summed E-state index contributed by atoms with van der Waals surface area (Å²) in [5.41, 5.74) is 2.37. The van der Waals surface area contributed by atoms with Crippen molar-refractivity contribution in [1.29, 1.82) is 0 Å². The van der Waals surface area contributed by atoms with Crippen molar-refractivity contribution in [2.75, 3.05) is 5.32 Å². The number of aryl methyl sites for hydroxylation is 1. The standard InChI is InChI=1S/C16H14BrN3OS/c17-15-7-5-12(22-15)2-1-3-16(21)20-11-4-6-13-14(10-11)19-9-8-18-13/h4-10H,1-3H2,(H,20,21). The van der Waals surface area contributed by atoms with E-state index in [2.05, 4.69) is 37.3 Å². The van der Waals surface area contributed by atoms with Gasteiger partial charge >= 0.3 is 0 Å². The van der Waals surface area contributed by atoms with Crippen LogP contribution in [-0.4, -0.2) is 15.9 Å². The molecule has 2 heterocycles. The van der Waals surface area contributed by atoms with Gasteiger partial charge in [0, 0.05) is 29.4 Å². The highest BCUT2D eigenvalue weighted by atomic mass is 79.9. The largest absolute Gasteiger partial charge is 0.326 e. The second-order valence-electron chi connectivity index (χ2n) is 4.87. The third-order valence-electron chi connectivity index (χ3n) is 3.21. The molecular formula is C16H14BrN3OS. The van der Waals surface area contributed by atoms with Gasteiger partial charge in [-0.2, -0.15) is 0 Å². The van der Waals surface area contributed by atoms with Crippen LogP contribution in [0.2, 0.25) is 0 Å². The quantitative estimate of drug-likeness (QED) is 0.718. The number of thiophene rings is 1. The molecule has 0 saturated carbocycles. The zero-order valence-corrected chi connectivity index (χ0v) is 14.2. The number of carbonyl (C=O) groups is 1. The lowest BCUT2D eigenvalue weighted by Crippen LogP contribution is -2.11. The topological polar surface area (TPSA) is 54.9 Å². The zero-order valence-electron chi connectivity index (χ0n) is 11.8. The molecule has 2 aromatic heterocycles. The molecule has 4 nitrogen and oxygen atoms in total. The second-order valence-corrected chi connectivity index (χ2v) is 7.41. The summed E-state index contributed by atoms with van der Waals surface area (Å²) in [7, 11) is 0. The van der Waals surface area contributed by atoms with Gasteiger partial charge in [-0.3, -0.25) is 14.8 Å². The number of nitrogens with zero attached hydrogens (tertiary/aromatic N) is 2. The molecule has 0 aliphatic carbocycles. The fraction of sp³-hybridized carbons (Fsp3) is 0.188. The second kappa shape index (κ2) is 6.98. The Balaban J connectivity index is 1.54. The van der Waals surface area contributed by atoms with Gasteiger partial charge in [0.25, 0.3) is 0 Å². The first-order valence-electron chi connectivity index (χ1n) is 6.95. The molecule has 1 aromatic carbocycles. The number of hydrogen-bond acceptors (Lipinski definition) is 4. The maximum absolute atomic E-state index is 12.0. The SMILES string of the molecule is O=C(CCCc1ccc(Br)s1)Nc1ccc2nccnc2c1. The first-order chi connectivity index (χ1) is 10.7. The van der Waals surface area contributed by atoms with Crippen LogP contribution in [0.1, 0.15) is 17.7 Å². The van der Waals surface area contributed by atoms with Crippen LogP contribution in [0.3, 0.4) is 0 Å². The average molecular weight is 376 g/mol. The van der Waals surface area contributed by atoms with Crippen LogP contribution in [-0.2, 0) is 11.2 Å². The van der Waals surface area contributed by atoms with E-state index in [9.17, 15) is 4.79 Å². The van der Waals surface area contributed by atoms with Gasteiger partial charge in [0.15, 0.2) is 0 Å². The zero-order chi connectivity index (χ0) is 15.4. The molecule has 0 unspecified atom stereocenters. The van der Waals surface area contributed by atoms with Crippen molar-refractivity contribution >= 4 is 49.9 Å². The summed E-state index contributed by atoms with van der Waals surface area (Å²) in [6, 6.07) is 9.69. The van der Waals surface area contributed by atoms with E-state index in [-0.39, 0.29) is 5.91 Å². The van der Waals surface area contributed by atoms with Crippen LogP contribution in [0.4, 0.5) is 5.69 Å². The number of rotatable bonds is 5. The number of benzene rings is 1. The van der Waals surface area contributed by atoms with Gasteiger partial charge in [-0.25, -0.2) is 0 Å². The Kier molecular flexibility index (Phi) is 4.80. The Hall–Kier alpha value is -1.79. The number of halogens is 1. The molecule has 112 valence electrons. The number of carbonyl (C=O) groups excluding carboxylic acids is 1. The van der Waals surface area contributed by atoms with Gasteiger partial charge in [0.1, 0.15) is 0 Å². The minimum atomic E-state index is 0.0267. The van der Waals surface area contributed by atoms with Crippen molar-refractivity contribution in [3.63, 3.8) is 0 Å². The third-order valence-corrected chi connectivity index (χ3v) is 4.89. The highest BCUT2D eigenvalue weighted by Crippen LogP contribution is 2.23. The van der Waals surface area contributed by atoms with Crippen molar-refractivity contribution in [3.05, 3.63) is 51.4 Å². The first-order valence-corrected chi connectivity index (χ1v) is 8.56. The molecule has 1 N–H and O–H groups in total. The molecule has 0 aliphatic heterocycles. The Morgan fingerprint density at radius 2 is 1.95 bits per heavy atom. The van der Waals surface area contributed by atoms with Gasteiger partial charge in [-0.1, -0.05) is 0 Å². The molecule has 6 heteroatoms. The number of hydrogen-bond donors (Lipinski definition) is 1. The van der Waals surface area contributed by atoms with E-state index in [0.717, 1.165) is 33.3 Å². The Labute approximate surface area is 140 Å². The Morgan fingerprint density at radius 1 is 1.14 bits per heavy atom. The van der Waals surface area contributed by atoms with Gasteiger partial charge in [0.2, 0.25) is 5.91 Å². The van der Waals surface area contributed by atoms with Crippen LogP contribution in [0.5, 0.6) is 0 Å². The molecule has 22 heavy (non-hydrogen) atoms. The number of fused-ring (bicyclic) bond motifs is 1. The predicted octanol–water partition coefficient (Wildman–Crippen LogP) is 4.42. The minimum absolute atomic E-state index is 0.0267. The smallest absolute Gasteiger partial charge is 0.224 e. The molecule has 0 aliphatic rings. The highest BCUT2D eigenvalue weighted by molar-refractivity contribution is 9.11. The first kappa shape index (κ1) is 15.1. The fourth-order valence-electron chi connectivity index (χ4n) is 2.17. The Morgan fingerprint density at radius 3 is 2.73 bits per heavy atom. The van der Waals surface area contributed by atoms with E-state index < -0.39 is 0 Å². The molecule has 3 rings (SSSR count). The number of aromatic nitrogens is 2. The van der Waals surface area contributed by atoms with Crippen LogP contribution < -0.4 is 5.32 Å². The molecule has 1 amide bonds. The van der Waals surface area contributed by atoms with Gasteiger partial charge < -0.3 is 5.32 Å². The lowest BCUT2D eigenvalue weighted by Gasteiger charge is -2.05. The normalized spacial score (nSPS) is 10.8. The summed E-state index contributed by atoms with van der Waals surface area (Å²) < 4.78 is 1.13. The highest BCUT2D eigenvalue weighted by Gasteiger charge is 2.05. The number of nitrogens with one attached hydrogen (secondary N) is 1. The van der Waals surface area contributed by atoms with Crippen molar-refractivity contribution in [1.82, 2.24) is 9.97 Å². The van der Waals surface area contributed by atoms with Gasteiger partial charge in [-0.05, 0) is 59.1 Å². The molecule has 0 spiro atoms. The molecular weight excluding hydrogens is 362 g/mol. The van der Waals surface area contributed by atoms with Crippen molar-refractivity contribution in [2.45, 2.75) is 19.3 Å². The van der Waals surface area contributed by atoms with E-state index in [0.29, 0.717) is 6.42 Å². The van der Waals surface area contributed by atoms with Crippen LogP contribution in [0, 0.1) is 0 Å². The summed E-state index contributed by atoms with van der Waals surface area (Å²) in [5.74, 6) is 0.0267. The van der Waals surface area contributed by atoms with Crippen LogP contribution >= 0.6 is 27.3 Å². The van der Waals surface area contributed by atoms with E-state index in [1.807, 2.05) is 24.3 Å². The van der Waals surface area contributed by atoms with Crippen LogP contribution in [0.15, 0.2) is 46.5 Å². The lowest BCUT2D eigenvalue weighted by atomic mass is 10.2. The molecule has 0 atom stereocenters. The van der Waals surface area contributed by atoms with Crippen molar-refractivity contribution < 1.29 is 4.79 Å². The van der Waals surface area contributed by atoms with E-state index in [1.165, 1.54) is 4.88 Å². The van der Waals surface area contributed by atoms with E-state index in [4.69, 9.17) is 0 Å². The predicted molar refractivity (Wildman–Crippen MR) is 93.1 cm³/mol. The van der Waals surface area contributed by atoms with E-state index >= 15 is 0 Å². The maximum Gasteiger partial charge on any atom is 0.224 e.